The van der Waals surface area contributed by atoms with Crippen LogP contribution in [0.3, 0.4) is 0 Å². The molecule has 2 aromatic heterocycles. The highest BCUT2D eigenvalue weighted by Gasteiger charge is 2.30. The SMILES string of the molecule is BC(B)(B)NC(=O)c1nnc(NC(=O)C2CC2)cc1Nc1cccc(-c2nc(CN(C)S(C)(=O)=O)no2)c1OC. The lowest BCUT2D eigenvalue weighted by molar-refractivity contribution is -0.117. The molecule has 208 valence electrons. The van der Waals surface area contributed by atoms with Gasteiger partial charge in [0.25, 0.3) is 11.8 Å². The number of hydrogen-bond donors (Lipinski definition) is 3. The molecule has 18 heteroatoms. The van der Waals surface area contributed by atoms with Crippen molar-refractivity contribution in [2.75, 3.05) is 31.0 Å². The molecule has 1 aliphatic rings. The summed E-state index contributed by atoms with van der Waals surface area (Å²) in [6.45, 7) is -0.0765. The van der Waals surface area contributed by atoms with Crippen LogP contribution in [0.2, 0.25) is 0 Å². The number of aromatic nitrogens is 4. The van der Waals surface area contributed by atoms with Crippen LogP contribution in [0.1, 0.15) is 29.2 Å². The molecule has 1 aliphatic carbocycles. The summed E-state index contributed by atoms with van der Waals surface area (Å²) < 4.78 is 35.7. The fraction of sp³-hybridized carbons (Fsp3) is 0.364. The van der Waals surface area contributed by atoms with Gasteiger partial charge in [-0.25, -0.2) is 8.42 Å². The van der Waals surface area contributed by atoms with Crippen LogP contribution in [0.4, 0.5) is 17.2 Å². The van der Waals surface area contributed by atoms with E-state index in [2.05, 4.69) is 36.3 Å². The van der Waals surface area contributed by atoms with Crippen molar-refractivity contribution in [3.8, 4) is 17.2 Å². The van der Waals surface area contributed by atoms with Crippen LogP contribution in [0.5, 0.6) is 5.75 Å². The van der Waals surface area contributed by atoms with E-state index in [1.807, 2.05) is 23.5 Å². The first-order valence-electron chi connectivity index (χ1n) is 12.4. The van der Waals surface area contributed by atoms with Crippen LogP contribution in [0.15, 0.2) is 28.8 Å². The molecule has 0 bridgehead atoms. The molecule has 0 unspecified atom stereocenters. The molecule has 2 heterocycles. The zero-order valence-electron chi connectivity index (χ0n) is 23.1. The highest BCUT2D eigenvalue weighted by molar-refractivity contribution is 7.88. The van der Waals surface area contributed by atoms with Gasteiger partial charge in [-0.1, -0.05) is 11.2 Å². The Morgan fingerprint density at radius 2 is 1.93 bits per heavy atom. The highest BCUT2D eigenvalue weighted by atomic mass is 32.2. The van der Waals surface area contributed by atoms with Crippen molar-refractivity contribution in [3.05, 3.63) is 35.8 Å². The largest absolute Gasteiger partial charge is 0.494 e. The summed E-state index contributed by atoms with van der Waals surface area (Å²) in [5.74, 6) is 0.118. The molecule has 3 N–H and O–H groups in total. The van der Waals surface area contributed by atoms with E-state index < -0.39 is 21.2 Å². The van der Waals surface area contributed by atoms with Crippen LogP contribution < -0.4 is 20.7 Å². The number of benzene rings is 1. The standard InChI is InChI=1S/C22H29B3N8O6S/c1-33(40(3,36)37)10-16-28-21(39-32-16)12-5-4-6-13(18(12)38-2)26-14-9-15(27-19(34)11-7-8-11)30-31-17(14)20(35)29-22(23,24)25/h4-6,9,11H,7-8,10,23-25H2,1-3H3,(H,29,35)(H2,26,27,30,34). The van der Waals surface area contributed by atoms with Crippen molar-refractivity contribution in [2.45, 2.75) is 24.6 Å². The monoisotopic (exact) mass is 566 g/mol. The second-order valence-electron chi connectivity index (χ2n) is 10.5. The number of anilines is 3. The van der Waals surface area contributed by atoms with Gasteiger partial charge in [-0.3, -0.25) is 9.59 Å². The van der Waals surface area contributed by atoms with Gasteiger partial charge in [-0.15, -0.1) is 10.2 Å². The predicted molar refractivity (Wildman–Crippen MR) is 155 cm³/mol. The Morgan fingerprint density at radius 1 is 1.20 bits per heavy atom. The number of nitrogens with zero attached hydrogens (tertiary/aromatic N) is 5. The minimum absolute atomic E-state index is 0.00990. The fourth-order valence-electron chi connectivity index (χ4n) is 3.60. The minimum atomic E-state index is -3.44. The summed E-state index contributed by atoms with van der Waals surface area (Å²) in [7, 11) is 4.95. The van der Waals surface area contributed by atoms with Crippen LogP contribution >= 0.6 is 0 Å². The summed E-state index contributed by atoms with van der Waals surface area (Å²) in [6, 6.07) is 6.65. The van der Waals surface area contributed by atoms with Gasteiger partial charge in [0.05, 0.1) is 36.8 Å². The molecular formula is C22H29B3N8O6S. The van der Waals surface area contributed by atoms with E-state index in [0.717, 1.165) is 23.4 Å². The maximum Gasteiger partial charge on any atom is 0.272 e. The number of nitrogens with one attached hydrogen (secondary N) is 3. The number of methoxy groups -OCH3 is 1. The van der Waals surface area contributed by atoms with Gasteiger partial charge in [-0.2, -0.15) is 9.29 Å². The lowest BCUT2D eigenvalue weighted by atomic mass is 9.49. The first-order chi connectivity index (χ1) is 18.7. The van der Waals surface area contributed by atoms with E-state index in [-0.39, 0.29) is 47.3 Å². The molecule has 4 rings (SSSR count). The Hall–Kier alpha value is -3.92. The van der Waals surface area contributed by atoms with Crippen molar-refractivity contribution in [3.63, 3.8) is 0 Å². The first-order valence-corrected chi connectivity index (χ1v) is 14.3. The van der Waals surface area contributed by atoms with E-state index in [1.54, 1.807) is 18.2 Å². The second-order valence-corrected chi connectivity index (χ2v) is 12.6. The molecule has 3 aromatic rings. The molecule has 0 saturated heterocycles. The van der Waals surface area contributed by atoms with E-state index in [4.69, 9.17) is 9.26 Å². The van der Waals surface area contributed by atoms with Gasteiger partial charge >= 0.3 is 0 Å². The van der Waals surface area contributed by atoms with Crippen LogP contribution in [-0.2, 0) is 21.4 Å². The Balaban J connectivity index is 1.68. The number of ether oxygens (including phenoxy) is 1. The molecule has 0 atom stereocenters. The average Bonchev–Trinajstić information content (AvgIpc) is 3.61. The molecule has 14 nitrogen and oxygen atoms in total. The van der Waals surface area contributed by atoms with Gasteiger partial charge in [0.15, 0.2) is 23.1 Å². The molecule has 1 saturated carbocycles. The Bertz CT molecular complexity index is 1540. The molecule has 1 fully saturated rings. The molecule has 2 amide bonds. The van der Waals surface area contributed by atoms with Gasteiger partial charge in [0.2, 0.25) is 15.9 Å². The fourth-order valence-corrected chi connectivity index (χ4v) is 3.95. The van der Waals surface area contributed by atoms with E-state index in [9.17, 15) is 18.0 Å². The number of para-hydroxylation sites is 1. The summed E-state index contributed by atoms with van der Waals surface area (Å²) in [5.41, 5.74) is 1.15. The summed E-state index contributed by atoms with van der Waals surface area (Å²) >= 11 is 0. The smallest absolute Gasteiger partial charge is 0.272 e. The quantitative estimate of drug-likeness (QED) is 0.224. The Labute approximate surface area is 234 Å². The van der Waals surface area contributed by atoms with Crippen molar-refractivity contribution >= 4 is 62.6 Å². The van der Waals surface area contributed by atoms with Crippen LogP contribution in [-0.4, -0.2) is 94.1 Å². The molecule has 40 heavy (non-hydrogen) atoms. The minimum Gasteiger partial charge on any atom is -0.494 e. The zero-order chi connectivity index (χ0) is 29.2. The third-order valence-corrected chi connectivity index (χ3v) is 7.08. The summed E-state index contributed by atoms with van der Waals surface area (Å²) in [6.07, 6.45) is 2.73. The Morgan fingerprint density at radius 3 is 2.55 bits per heavy atom. The van der Waals surface area contributed by atoms with Crippen molar-refractivity contribution in [2.24, 2.45) is 5.92 Å². The number of carbonyl (C=O) groups excluding carboxylic acids is 2. The summed E-state index contributed by atoms with van der Waals surface area (Å²) in [5, 5.41) is 20.3. The Kier molecular flexibility index (Phi) is 8.21. The van der Waals surface area contributed by atoms with Gasteiger partial charge in [-0.05, 0) is 30.2 Å². The molecule has 1 aromatic carbocycles. The maximum atomic E-state index is 13.1. The van der Waals surface area contributed by atoms with E-state index in [0.29, 0.717) is 17.0 Å². The molecular weight excluding hydrogens is 537 g/mol. The molecule has 0 spiro atoms. The normalized spacial score (nSPS) is 13.6. The maximum absolute atomic E-state index is 13.1. The molecule has 0 radical (unpaired) electrons. The molecule has 0 aliphatic heterocycles. The van der Waals surface area contributed by atoms with Crippen LogP contribution in [0.25, 0.3) is 11.5 Å². The second kappa shape index (κ2) is 11.3. The number of amides is 2. The lowest BCUT2D eigenvalue weighted by Crippen LogP contribution is -2.50. The topological polar surface area (TPSA) is 182 Å². The number of sulfonamides is 1. The van der Waals surface area contributed by atoms with Crippen molar-refractivity contribution in [1.29, 1.82) is 0 Å². The van der Waals surface area contributed by atoms with Gasteiger partial charge in [0, 0.05) is 19.0 Å². The van der Waals surface area contributed by atoms with Gasteiger partial charge in [0.1, 0.15) is 23.5 Å². The predicted octanol–water partition coefficient (Wildman–Crippen LogP) is -1.74. The highest BCUT2D eigenvalue weighted by Crippen LogP contribution is 2.38. The lowest BCUT2D eigenvalue weighted by Gasteiger charge is -2.21. The third kappa shape index (κ3) is 7.18. The number of carbonyl (C=O) groups is 2. The van der Waals surface area contributed by atoms with E-state index in [1.165, 1.54) is 20.2 Å². The van der Waals surface area contributed by atoms with E-state index >= 15 is 0 Å². The summed E-state index contributed by atoms with van der Waals surface area (Å²) in [4.78, 5) is 29.7. The van der Waals surface area contributed by atoms with Crippen molar-refractivity contribution in [1.82, 2.24) is 30.0 Å². The number of hydrogen-bond acceptors (Lipinski definition) is 11. The van der Waals surface area contributed by atoms with Crippen LogP contribution in [0, 0.1) is 5.92 Å². The average molecular weight is 566 g/mol. The zero-order valence-corrected chi connectivity index (χ0v) is 23.9. The third-order valence-electron chi connectivity index (χ3n) is 5.81. The van der Waals surface area contributed by atoms with Gasteiger partial charge < -0.3 is 25.2 Å². The number of rotatable bonds is 11. The van der Waals surface area contributed by atoms with Crippen molar-refractivity contribution < 1.29 is 27.3 Å². The first kappa shape index (κ1) is 29.1.